The van der Waals surface area contributed by atoms with Gasteiger partial charge >= 0.3 is 5.97 Å². The van der Waals surface area contributed by atoms with E-state index in [9.17, 15) is 9.90 Å². The minimum absolute atomic E-state index is 0.0162. The number of carbonyl (C=O) groups excluding carboxylic acids is 1. The summed E-state index contributed by atoms with van der Waals surface area (Å²) in [5, 5.41) is 10.1. The largest absolute Gasteiger partial charge is 0.508 e. The third-order valence-corrected chi connectivity index (χ3v) is 3.68. The number of phenolic OH excluding ortho intramolecular Hbond substituents is 1. The van der Waals surface area contributed by atoms with E-state index >= 15 is 0 Å². The van der Waals surface area contributed by atoms with Gasteiger partial charge < -0.3 is 9.84 Å². The minimum atomic E-state index is -0.350. The Hall–Kier alpha value is -1.77. The number of esters is 1. The molecule has 0 aromatic heterocycles. The molecule has 3 heteroatoms. The Morgan fingerprint density at radius 1 is 1.26 bits per heavy atom. The molecule has 0 bridgehead atoms. The van der Waals surface area contributed by atoms with Gasteiger partial charge in [0, 0.05) is 0 Å². The van der Waals surface area contributed by atoms with Crippen LogP contribution in [0.1, 0.15) is 65.0 Å². The topological polar surface area (TPSA) is 46.5 Å². The maximum absolute atomic E-state index is 12.5. The van der Waals surface area contributed by atoms with Crippen LogP contribution in [-0.2, 0) is 14.9 Å². The molecule has 1 atom stereocenters. The lowest BCUT2D eigenvalue weighted by molar-refractivity contribution is -0.145. The van der Waals surface area contributed by atoms with Crippen molar-refractivity contribution in [2.24, 2.45) is 5.41 Å². The first-order valence-corrected chi connectivity index (χ1v) is 8.06. The molecule has 1 unspecified atom stereocenters. The Morgan fingerprint density at radius 3 is 2.35 bits per heavy atom. The van der Waals surface area contributed by atoms with E-state index < -0.39 is 0 Å². The lowest BCUT2D eigenvalue weighted by atomic mass is 9.79. The summed E-state index contributed by atoms with van der Waals surface area (Å²) in [7, 11) is 0. The Morgan fingerprint density at radius 2 is 1.87 bits per heavy atom. The molecular formula is C20H30O3. The van der Waals surface area contributed by atoms with Crippen molar-refractivity contribution in [1.82, 2.24) is 0 Å². The molecule has 0 aliphatic heterocycles. The van der Waals surface area contributed by atoms with Gasteiger partial charge in [0.2, 0.25) is 0 Å². The summed E-state index contributed by atoms with van der Waals surface area (Å²) in [5.74, 6) is -0.336. The molecule has 0 aliphatic rings. The molecular weight excluding hydrogens is 288 g/mol. The lowest BCUT2D eigenvalue weighted by Gasteiger charge is -2.27. The first-order valence-electron chi connectivity index (χ1n) is 8.06. The van der Waals surface area contributed by atoms with E-state index in [0.717, 1.165) is 11.1 Å². The summed E-state index contributed by atoms with van der Waals surface area (Å²) >= 11 is 0. The van der Waals surface area contributed by atoms with Crippen LogP contribution in [0.5, 0.6) is 5.75 Å². The van der Waals surface area contributed by atoms with Gasteiger partial charge in [-0.25, -0.2) is 0 Å². The van der Waals surface area contributed by atoms with Crippen molar-refractivity contribution in [3.63, 3.8) is 0 Å². The second kappa shape index (κ2) is 7.20. The van der Waals surface area contributed by atoms with Crippen LogP contribution in [0.3, 0.4) is 0 Å². The quantitative estimate of drug-likeness (QED) is 0.618. The number of rotatable bonds is 5. The number of ether oxygens (including phenoxy) is 1. The fourth-order valence-corrected chi connectivity index (χ4v) is 2.56. The minimum Gasteiger partial charge on any atom is -0.508 e. The van der Waals surface area contributed by atoms with Gasteiger partial charge in [0.1, 0.15) is 12.4 Å². The van der Waals surface area contributed by atoms with Gasteiger partial charge in [0.05, 0.1) is 5.92 Å². The second-order valence-corrected chi connectivity index (χ2v) is 8.26. The van der Waals surface area contributed by atoms with Gasteiger partial charge in [-0.05, 0) is 34.4 Å². The van der Waals surface area contributed by atoms with E-state index in [0.29, 0.717) is 6.42 Å². The van der Waals surface area contributed by atoms with Crippen LogP contribution in [-0.4, -0.2) is 17.7 Å². The Labute approximate surface area is 140 Å². The van der Waals surface area contributed by atoms with Crippen molar-refractivity contribution < 1.29 is 14.6 Å². The van der Waals surface area contributed by atoms with E-state index in [1.807, 2.05) is 32.9 Å². The molecule has 1 N–H and O–H groups in total. The molecule has 0 saturated heterocycles. The van der Waals surface area contributed by atoms with Gasteiger partial charge in [-0.2, -0.15) is 0 Å². The lowest BCUT2D eigenvalue weighted by Crippen LogP contribution is -2.22. The van der Waals surface area contributed by atoms with Gasteiger partial charge in [0.25, 0.3) is 0 Å². The zero-order chi connectivity index (χ0) is 17.8. The van der Waals surface area contributed by atoms with Crippen molar-refractivity contribution in [2.45, 2.75) is 59.3 Å². The zero-order valence-electron chi connectivity index (χ0n) is 15.3. The molecule has 1 rings (SSSR count). The van der Waals surface area contributed by atoms with Gasteiger partial charge in [-0.1, -0.05) is 66.3 Å². The molecule has 0 aliphatic carbocycles. The molecule has 3 nitrogen and oxygen atoms in total. The fourth-order valence-electron chi connectivity index (χ4n) is 2.56. The van der Waals surface area contributed by atoms with Crippen LogP contribution >= 0.6 is 0 Å². The SMILES string of the molecule is C=CCOC(=O)C(CC(C)(C)C)c1ccc(O)c(C(C)(C)C)c1. The summed E-state index contributed by atoms with van der Waals surface area (Å²) in [6, 6.07) is 5.42. The van der Waals surface area contributed by atoms with Crippen molar-refractivity contribution in [3.8, 4) is 5.75 Å². The van der Waals surface area contributed by atoms with Crippen molar-refractivity contribution in [1.29, 1.82) is 0 Å². The normalized spacial score (nSPS) is 13.5. The molecule has 0 spiro atoms. The van der Waals surface area contributed by atoms with Crippen LogP contribution in [0.15, 0.2) is 30.9 Å². The summed E-state index contributed by atoms with van der Waals surface area (Å²) in [6.07, 6.45) is 2.25. The Bertz CT molecular complexity index is 559. The molecule has 23 heavy (non-hydrogen) atoms. The predicted molar refractivity (Wildman–Crippen MR) is 94.8 cm³/mol. The second-order valence-electron chi connectivity index (χ2n) is 8.26. The summed E-state index contributed by atoms with van der Waals surface area (Å²) in [4.78, 5) is 12.5. The highest BCUT2D eigenvalue weighted by atomic mass is 16.5. The summed E-state index contributed by atoms with van der Waals surface area (Å²) in [5.41, 5.74) is 1.51. The first kappa shape index (κ1) is 19.3. The third kappa shape index (κ3) is 5.74. The number of hydrogen-bond donors (Lipinski definition) is 1. The van der Waals surface area contributed by atoms with E-state index in [1.165, 1.54) is 0 Å². The Balaban J connectivity index is 3.26. The average Bonchev–Trinajstić information content (AvgIpc) is 2.40. The van der Waals surface area contributed by atoms with E-state index in [4.69, 9.17) is 4.74 Å². The average molecular weight is 318 g/mol. The molecule has 1 aromatic rings. The van der Waals surface area contributed by atoms with Crippen LogP contribution in [0.2, 0.25) is 0 Å². The molecule has 0 fully saturated rings. The molecule has 0 radical (unpaired) electrons. The van der Waals surface area contributed by atoms with Crippen LogP contribution in [0.25, 0.3) is 0 Å². The van der Waals surface area contributed by atoms with Crippen LogP contribution in [0, 0.1) is 5.41 Å². The number of hydrogen-bond acceptors (Lipinski definition) is 3. The molecule has 128 valence electrons. The molecule has 1 aromatic carbocycles. The van der Waals surface area contributed by atoms with Gasteiger partial charge in [0.15, 0.2) is 0 Å². The van der Waals surface area contributed by atoms with Gasteiger partial charge in [-0.15, -0.1) is 0 Å². The first-order chi connectivity index (χ1) is 10.5. The van der Waals surface area contributed by atoms with Crippen LogP contribution in [0.4, 0.5) is 0 Å². The van der Waals surface area contributed by atoms with Gasteiger partial charge in [-0.3, -0.25) is 4.79 Å². The summed E-state index contributed by atoms with van der Waals surface area (Å²) in [6.45, 7) is 16.2. The number of benzene rings is 1. The number of aromatic hydroxyl groups is 1. The predicted octanol–water partition coefficient (Wildman–Crippen LogP) is 4.94. The smallest absolute Gasteiger partial charge is 0.313 e. The molecule has 0 heterocycles. The van der Waals surface area contributed by atoms with E-state index in [1.54, 1.807) is 12.1 Å². The standard InChI is InChI=1S/C20H30O3/c1-8-11-23-18(22)15(13-19(2,3)4)14-9-10-17(21)16(12-14)20(5,6)7/h8-10,12,15,21H,1,11,13H2,2-7H3. The third-order valence-electron chi connectivity index (χ3n) is 3.68. The highest BCUT2D eigenvalue weighted by molar-refractivity contribution is 5.78. The molecule has 0 saturated carbocycles. The highest BCUT2D eigenvalue weighted by Gasteiger charge is 2.29. The monoisotopic (exact) mass is 318 g/mol. The maximum Gasteiger partial charge on any atom is 0.313 e. The van der Waals surface area contributed by atoms with Crippen LogP contribution < -0.4 is 0 Å². The van der Waals surface area contributed by atoms with Crippen molar-refractivity contribution in [2.75, 3.05) is 6.61 Å². The summed E-state index contributed by atoms with van der Waals surface area (Å²) < 4.78 is 5.29. The zero-order valence-corrected chi connectivity index (χ0v) is 15.3. The highest BCUT2D eigenvalue weighted by Crippen LogP contribution is 2.37. The number of phenols is 1. The number of carbonyl (C=O) groups is 1. The maximum atomic E-state index is 12.5. The fraction of sp³-hybridized carbons (Fsp3) is 0.550. The van der Waals surface area contributed by atoms with Crippen molar-refractivity contribution >= 4 is 5.97 Å². The van der Waals surface area contributed by atoms with E-state index in [-0.39, 0.29) is 35.1 Å². The van der Waals surface area contributed by atoms with Crippen molar-refractivity contribution in [3.05, 3.63) is 42.0 Å². The Kier molecular flexibility index (Phi) is 6.04. The molecule has 0 amide bonds. The van der Waals surface area contributed by atoms with E-state index in [2.05, 4.69) is 27.4 Å².